The van der Waals surface area contributed by atoms with Gasteiger partial charge in [0, 0.05) is 22.4 Å². The Morgan fingerprint density at radius 1 is 1.21 bits per heavy atom. The molecule has 0 saturated heterocycles. The smallest absolute Gasteiger partial charge is 0.291 e. The number of aryl methyl sites for hydroxylation is 3. The zero-order valence-electron chi connectivity index (χ0n) is 15.8. The number of nitrogens with zero attached hydrogens (tertiary/aromatic N) is 2. The Bertz CT molecular complexity index is 1270. The van der Waals surface area contributed by atoms with Gasteiger partial charge in [-0.15, -0.1) is 11.3 Å². The molecule has 2 aromatic heterocycles. The predicted octanol–water partition coefficient (Wildman–Crippen LogP) is 6.29. The van der Waals surface area contributed by atoms with E-state index in [0.29, 0.717) is 9.90 Å². The van der Waals surface area contributed by atoms with Gasteiger partial charge in [0.05, 0.1) is 15.2 Å². The topological polar surface area (TPSA) is 34.4 Å². The molecule has 0 radical (unpaired) electrons. The van der Waals surface area contributed by atoms with Crippen LogP contribution in [0.5, 0.6) is 0 Å². The summed E-state index contributed by atoms with van der Waals surface area (Å²) in [6.45, 7) is 5.03. The molecule has 0 bridgehead atoms. The van der Waals surface area contributed by atoms with Crippen molar-refractivity contribution in [3.8, 4) is 0 Å². The van der Waals surface area contributed by atoms with E-state index in [9.17, 15) is 4.79 Å². The lowest BCUT2D eigenvalue weighted by molar-refractivity contribution is 0.100. The van der Waals surface area contributed by atoms with Gasteiger partial charge in [-0.05, 0) is 43.4 Å². The molecule has 0 spiro atoms. The first kappa shape index (κ1) is 19.7. The largest absolute Gasteiger partial charge is 0.315 e. The van der Waals surface area contributed by atoms with Crippen LogP contribution in [-0.4, -0.2) is 22.5 Å². The molecule has 0 unspecified atom stereocenters. The third-order valence-electron chi connectivity index (χ3n) is 4.56. The summed E-state index contributed by atoms with van der Waals surface area (Å²) >= 11 is 11.3. The minimum absolute atomic E-state index is 0.273. The molecule has 2 heterocycles. The second kappa shape index (κ2) is 8.03. The number of carbonyl (C=O) groups is 1. The minimum atomic E-state index is -0.273. The third-order valence-corrected chi connectivity index (χ3v) is 8.04. The zero-order chi connectivity index (χ0) is 19.8. The first-order valence-corrected chi connectivity index (χ1v) is 12.3. The van der Waals surface area contributed by atoms with Crippen LogP contribution in [0.1, 0.15) is 20.8 Å². The summed E-state index contributed by atoms with van der Waals surface area (Å²) in [5, 5.41) is 1.41. The van der Waals surface area contributed by atoms with E-state index in [-0.39, 0.29) is 5.91 Å². The van der Waals surface area contributed by atoms with Crippen molar-refractivity contribution in [1.82, 2.24) is 4.57 Å². The molecule has 4 rings (SSSR count). The number of thioether (sulfide) groups is 1. The van der Waals surface area contributed by atoms with Crippen LogP contribution in [0.3, 0.4) is 0 Å². The number of hydrogen-bond donors (Lipinski definition) is 0. The van der Waals surface area contributed by atoms with Gasteiger partial charge in [0.25, 0.3) is 5.91 Å². The quantitative estimate of drug-likeness (QED) is 0.369. The standard InChI is InChI=1S/C21H19ClN2OS3/c1-12-10-13(2)18-15(11-12)24(8-9-26-3)21(28-18)23-20(25)19-17(22)14-6-4-5-7-16(14)27-19/h4-7,10-11H,8-9H2,1-3H3. The van der Waals surface area contributed by atoms with Crippen molar-refractivity contribution in [2.45, 2.75) is 20.4 Å². The number of amides is 1. The maximum absolute atomic E-state index is 13.0. The number of hydrogen-bond acceptors (Lipinski definition) is 4. The monoisotopic (exact) mass is 446 g/mol. The Labute approximate surface area is 180 Å². The van der Waals surface area contributed by atoms with E-state index in [2.05, 4.69) is 41.8 Å². The fraction of sp³-hybridized carbons (Fsp3) is 0.238. The number of fused-ring (bicyclic) bond motifs is 2. The van der Waals surface area contributed by atoms with Gasteiger partial charge >= 0.3 is 0 Å². The third kappa shape index (κ3) is 3.54. The Morgan fingerprint density at radius 2 is 2.00 bits per heavy atom. The Hall–Kier alpha value is -1.60. The molecular formula is C21H19ClN2OS3. The highest BCUT2D eigenvalue weighted by Gasteiger charge is 2.17. The van der Waals surface area contributed by atoms with Crippen molar-refractivity contribution < 1.29 is 4.79 Å². The highest BCUT2D eigenvalue weighted by Crippen LogP contribution is 2.35. The molecule has 4 aromatic rings. The molecule has 0 saturated carbocycles. The highest BCUT2D eigenvalue weighted by atomic mass is 35.5. The van der Waals surface area contributed by atoms with Crippen molar-refractivity contribution in [3.63, 3.8) is 0 Å². The fourth-order valence-electron chi connectivity index (χ4n) is 3.29. The van der Waals surface area contributed by atoms with Crippen LogP contribution in [0.2, 0.25) is 5.02 Å². The highest BCUT2D eigenvalue weighted by molar-refractivity contribution is 7.98. The molecule has 7 heteroatoms. The lowest BCUT2D eigenvalue weighted by atomic mass is 10.1. The molecular weight excluding hydrogens is 428 g/mol. The van der Waals surface area contributed by atoms with Gasteiger partial charge in [0.2, 0.25) is 0 Å². The van der Waals surface area contributed by atoms with E-state index in [1.165, 1.54) is 27.2 Å². The number of thiazole rings is 1. The number of rotatable bonds is 4. The number of carbonyl (C=O) groups excluding carboxylic acids is 1. The van der Waals surface area contributed by atoms with Crippen LogP contribution < -0.4 is 4.80 Å². The van der Waals surface area contributed by atoms with Crippen molar-refractivity contribution in [3.05, 3.63) is 62.2 Å². The molecule has 144 valence electrons. The average Bonchev–Trinajstić information content (AvgIpc) is 3.18. The van der Waals surface area contributed by atoms with Crippen LogP contribution in [0.15, 0.2) is 41.4 Å². The first-order chi connectivity index (χ1) is 13.5. The summed E-state index contributed by atoms with van der Waals surface area (Å²) in [6, 6.07) is 12.1. The molecule has 28 heavy (non-hydrogen) atoms. The Balaban J connectivity index is 1.89. The van der Waals surface area contributed by atoms with Gasteiger partial charge in [-0.1, -0.05) is 47.2 Å². The molecule has 0 atom stereocenters. The summed E-state index contributed by atoms with van der Waals surface area (Å²) in [4.78, 5) is 18.7. The van der Waals surface area contributed by atoms with Gasteiger partial charge < -0.3 is 4.57 Å². The average molecular weight is 447 g/mol. The maximum atomic E-state index is 13.0. The molecule has 0 aliphatic heterocycles. The van der Waals surface area contributed by atoms with Gasteiger partial charge in [-0.25, -0.2) is 0 Å². The van der Waals surface area contributed by atoms with E-state index >= 15 is 0 Å². The summed E-state index contributed by atoms with van der Waals surface area (Å²) in [5.74, 6) is 0.689. The van der Waals surface area contributed by atoms with E-state index in [1.54, 1.807) is 23.1 Å². The van der Waals surface area contributed by atoms with Crippen molar-refractivity contribution in [2.24, 2.45) is 4.99 Å². The summed E-state index contributed by atoms with van der Waals surface area (Å²) in [7, 11) is 0. The van der Waals surface area contributed by atoms with Crippen LogP contribution in [0.25, 0.3) is 20.3 Å². The molecule has 0 fully saturated rings. The van der Waals surface area contributed by atoms with Gasteiger partial charge in [0.1, 0.15) is 4.88 Å². The van der Waals surface area contributed by atoms with Gasteiger partial charge in [-0.3, -0.25) is 4.79 Å². The predicted molar refractivity (Wildman–Crippen MR) is 124 cm³/mol. The first-order valence-electron chi connectivity index (χ1n) is 8.85. The molecule has 3 nitrogen and oxygen atoms in total. The van der Waals surface area contributed by atoms with Gasteiger partial charge in [-0.2, -0.15) is 16.8 Å². The van der Waals surface area contributed by atoms with Gasteiger partial charge in [0.15, 0.2) is 4.80 Å². The van der Waals surface area contributed by atoms with E-state index < -0.39 is 0 Å². The SMILES string of the molecule is CSCCn1c(=NC(=O)c2sc3ccccc3c2Cl)sc2c(C)cc(C)cc21. The number of benzene rings is 2. The van der Waals surface area contributed by atoms with Crippen LogP contribution >= 0.6 is 46.0 Å². The van der Waals surface area contributed by atoms with Crippen LogP contribution in [0, 0.1) is 13.8 Å². The van der Waals surface area contributed by atoms with Crippen molar-refractivity contribution in [1.29, 1.82) is 0 Å². The lowest BCUT2D eigenvalue weighted by Crippen LogP contribution is -2.18. The summed E-state index contributed by atoms with van der Waals surface area (Å²) in [6.07, 6.45) is 2.09. The number of aromatic nitrogens is 1. The summed E-state index contributed by atoms with van der Waals surface area (Å²) in [5.41, 5.74) is 3.57. The summed E-state index contributed by atoms with van der Waals surface area (Å²) < 4.78 is 4.35. The van der Waals surface area contributed by atoms with E-state index in [1.807, 2.05) is 24.3 Å². The fourth-order valence-corrected chi connectivity index (χ4v) is 6.15. The Morgan fingerprint density at radius 3 is 2.75 bits per heavy atom. The second-order valence-electron chi connectivity index (χ2n) is 6.62. The van der Waals surface area contributed by atoms with Crippen LogP contribution in [-0.2, 0) is 6.54 Å². The minimum Gasteiger partial charge on any atom is -0.315 e. The van der Waals surface area contributed by atoms with E-state index in [4.69, 9.17) is 11.6 Å². The number of halogens is 1. The normalized spacial score (nSPS) is 12.4. The molecule has 0 aliphatic rings. The zero-order valence-corrected chi connectivity index (χ0v) is 19.0. The van der Waals surface area contributed by atoms with Crippen molar-refractivity contribution in [2.75, 3.05) is 12.0 Å². The maximum Gasteiger partial charge on any atom is 0.291 e. The lowest BCUT2D eigenvalue weighted by Gasteiger charge is -2.05. The number of thiophene rings is 1. The molecule has 0 aliphatic carbocycles. The van der Waals surface area contributed by atoms with E-state index in [0.717, 1.165) is 32.7 Å². The Kier molecular flexibility index (Phi) is 5.65. The molecule has 0 N–H and O–H groups in total. The van der Waals surface area contributed by atoms with Crippen LogP contribution in [0.4, 0.5) is 0 Å². The second-order valence-corrected chi connectivity index (χ2v) is 10.0. The van der Waals surface area contributed by atoms with Crippen molar-refractivity contribution >= 4 is 72.2 Å². The molecule has 2 aromatic carbocycles. The molecule has 1 amide bonds.